The molecule has 0 atom stereocenters. The van der Waals surface area contributed by atoms with E-state index >= 15 is 0 Å². The summed E-state index contributed by atoms with van der Waals surface area (Å²) in [6.45, 7) is 7.65. The van der Waals surface area contributed by atoms with E-state index in [1.807, 2.05) is 18.2 Å². The van der Waals surface area contributed by atoms with Gasteiger partial charge in [0.1, 0.15) is 18.1 Å². The molecular weight excluding hydrogens is 469 g/mol. The molecule has 7 heteroatoms. The summed E-state index contributed by atoms with van der Waals surface area (Å²) in [5.41, 5.74) is 2.44. The molecule has 0 saturated carbocycles. The van der Waals surface area contributed by atoms with Crippen LogP contribution in [-0.2, 0) is 17.8 Å². The van der Waals surface area contributed by atoms with E-state index in [9.17, 15) is 0 Å². The molecule has 0 aliphatic carbocycles. The number of nitrogens with one attached hydrogen (secondary N) is 2. The highest BCUT2D eigenvalue weighted by atomic mass is 127. The number of methoxy groups -OCH3 is 1. The SMILES string of the molecule is CCNC(=NCCCOCc1ccco1)NCCc1cc(C)ccc1OC.I. The van der Waals surface area contributed by atoms with Gasteiger partial charge in [0.2, 0.25) is 0 Å². The Morgan fingerprint density at radius 2 is 2.07 bits per heavy atom. The van der Waals surface area contributed by atoms with Crippen molar-refractivity contribution in [3.05, 3.63) is 53.5 Å². The molecule has 0 amide bonds. The third-order valence-electron chi connectivity index (χ3n) is 4.01. The predicted molar refractivity (Wildman–Crippen MR) is 124 cm³/mol. The molecule has 28 heavy (non-hydrogen) atoms. The van der Waals surface area contributed by atoms with Gasteiger partial charge in [-0.05, 0) is 50.5 Å². The van der Waals surface area contributed by atoms with E-state index in [0.717, 1.165) is 43.4 Å². The van der Waals surface area contributed by atoms with Crippen molar-refractivity contribution in [3.63, 3.8) is 0 Å². The van der Waals surface area contributed by atoms with Crippen LogP contribution in [-0.4, -0.2) is 39.3 Å². The normalized spacial score (nSPS) is 11.0. The Balaban J connectivity index is 0.00000392. The van der Waals surface area contributed by atoms with Gasteiger partial charge in [0.25, 0.3) is 0 Å². The second kappa shape index (κ2) is 14.3. The lowest BCUT2D eigenvalue weighted by atomic mass is 10.1. The van der Waals surface area contributed by atoms with Crippen molar-refractivity contribution < 1.29 is 13.9 Å². The molecule has 1 heterocycles. The fraction of sp³-hybridized carbons (Fsp3) is 0.476. The van der Waals surface area contributed by atoms with E-state index in [-0.39, 0.29) is 24.0 Å². The quantitative estimate of drug-likeness (QED) is 0.212. The van der Waals surface area contributed by atoms with Crippen LogP contribution < -0.4 is 15.4 Å². The molecule has 0 unspecified atom stereocenters. The maximum absolute atomic E-state index is 5.58. The van der Waals surface area contributed by atoms with E-state index in [4.69, 9.17) is 13.9 Å². The molecule has 0 fully saturated rings. The van der Waals surface area contributed by atoms with Gasteiger partial charge < -0.3 is 24.5 Å². The maximum atomic E-state index is 5.58. The van der Waals surface area contributed by atoms with Gasteiger partial charge >= 0.3 is 0 Å². The van der Waals surface area contributed by atoms with Crippen LogP contribution in [0, 0.1) is 6.92 Å². The summed E-state index contributed by atoms with van der Waals surface area (Å²) in [5, 5.41) is 6.65. The summed E-state index contributed by atoms with van der Waals surface area (Å²) in [6.07, 6.45) is 3.40. The molecule has 2 aromatic rings. The van der Waals surface area contributed by atoms with Crippen molar-refractivity contribution >= 4 is 29.9 Å². The number of rotatable bonds is 11. The zero-order chi connectivity index (χ0) is 19.3. The molecule has 2 N–H and O–H groups in total. The Morgan fingerprint density at radius 3 is 2.79 bits per heavy atom. The molecule has 0 radical (unpaired) electrons. The molecule has 0 bridgehead atoms. The average molecular weight is 501 g/mol. The highest BCUT2D eigenvalue weighted by Gasteiger charge is 2.04. The minimum absolute atomic E-state index is 0. The highest BCUT2D eigenvalue weighted by Crippen LogP contribution is 2.19. The summed E-state index contributed by atoms with van der Waals surface area (Å²) < 4.78 is 16.3. The molecule has 1 aromatic carbocycles. The number of benzene rings is 1. The van der Waals surface area contributed by atoms with Crippen molar-refractivity contribution in [2.45, 2.75) is 33.3 Å². The van der Waals surface area contributed by atoms with Crippen LogP contribution in [0.25, 0.3) is 0 Å². The number of guanidine groups is 1. The topological polar surface area (TPSA) is 68.0 Å². The van der Waals surface area contributed by atoms with E-state index in [1.165, 1.54) is 11.1 Å². The summed E-state index contributed by atoms with van der Waals surface area (Å²) in [4.78, 5) is 4.60. The van der Waals surface area contributed by atoms with Crippen LogP contribution in [0.5, 0.6) is 5.75 Å². The second-order valence-electron chi connectivity index (χ2n) is 6.24. The number of furan rings is 1. The maximum Gasteiger partial charge on any atom is 0.191 e. The van der Waals surface area contributed by atoms with Crippen LogP contribution in [0.15, 0.2) is 46.0 Å². The first kappa shape index (κ1) is 24.3. The smallest absolute Gasteiger partial charge is 0.191 e. The summed E-state index contributed by atoms with van der Waals surface area (Å²) in [5.74, 6) is 2.60. The zero-order valence-corrected chi connectivity index (χ0v) is 19.3. The summed E-state index contributed by atoms with van der Waals surface area (Å²) >= 11 is 0. The first-order valence-electron chi connectivity index (χ1n) is 9.48. The van der Waals surface area contributed by atoms with Gasteiger partial charge in [0.15, 0.2) is 5.96 Å². The Labute approximate surface area is 185 Å². The van der Waals surface area contributed by atoms with Crippen LogP contribution in [0.2, 0.25) is 0 Å². The fourth-order valence-corrected chi connectivity index (χ4v) is 2.68. The van der Waals surface area contributed by atoms with Crippen molar-refractivity contribution in [2.24, 2.45) is 4.99 Å². The largest absolute Gasteiger partial charge is 0.496 e. The average Bonchev–Trinajstić information content (AvgIpc) is 3.18. The van der Waals surface area contributed by atoms with Crippen LogP contribution in [0.3, 0.4) is 0 Å². The van der Waals surface area contributed by atoms with Crippen molar-refractivity contribution in [1.82, 2.24) is 10.6 Å². The predicted octanol–water partition coefficient (Wildman–Crippen LogP) is 3.92. The first-order chi connectivity index (χ1) is 13.2. The van der Waals surface area contributed by atoms with Gasteiger partial charge in [0, 0.05) is 26.2 Å². The first-order valence-corrected chi connectivity index (χ1v) is 9.48. The Hall–Kier alpha value is -1.74. The van der Waals surface area contributed by atoms with E-state index in [2.05, 4.69) is 41.6 Å². The number of aliphatic imine (C=N–C) groups is 1. The molecule has 0 saturated heterocycles. The van der Waals surface area contributed by atoms with Gasteiger partial charge in [0.05, 0.1) is 13.4 Å². The molecule has 0 aliphatic heterocycles. The number of ether oxygens (including phenoxy) is 2. The van der Waals surface area contributed by atoms with Gasteiger partial charge in [-0.3, -0.25) is 4.99 Å². The number of hydrogen-bond donors (Lipinski definition) is 2. The second-order valence-corrected chi connectivity index (χ2v) is 6.24. The minimum atomic E-state index is 0. The number of hydrogen-bond acceptors (Lipinski definition) is 4. The van der Waals surface area contributed by atoms with E-state index in [0.29, 0.717) is 19.8 Å². The third-order valence-corrected chi connectivity index (χ3v) is 4.01. The number of halogens is 1. The summed E-state index contributed by atoms with van der Waals surface area (Å²) in [6, 6.07) is 10.0. The molecule has 0 aliphatic rings. The molecule has 1 aromatic heterocycles. The number of aryl methyl sites for hydroxylation is 1. The zero-order valence-electron chi connectivity index (χ0n) is 17.0. The standard InChI is InChI=1S/C21H31N3O3.HI/c1-4-22-21(23-11-6-13-26-16-19-7-5-14-27-19)24-12-10-18-15-17(2)8-9-20(18)25-3;/h5,7-9,14-15H,4,6,10-13,16H2,1-3H3,(H2,22,23,24);1H. The Bertz CT molecular complexity index is 690. The van der Waals surface area contributed by atoms with Crippen LogP contribution in [0.4, 0.5) is 0 Å². The lowest BCUT2D eigenvalue weighted by Gasteiger charge is -2.13. The molecular formula is C21H32IN3O3. The van der Waals surface area contributed by atoms with Crippen molar-refractivity contribution in [3.8, 4) is 5.75 Å². The Kier molecular flexibility index (Phi) is 12.4. The van der Waals surface area contributed by atoms with Gasteiger partial charge in [-0.2, -0.15) is 0 Å². The highest BCUT2D eigenvalue weighted by molar-refractivity contribution is 14.0. The van der Waals surface area contributed by atoms with Gasteiger partial charge in [-0.25, -0.2) is 0 Å². The third kappa shape index (κ3) is 8.97. The molecule has 156 valence electrons. The van der Waals surface area contributed by atoms with Crippen LogP contribution in [0.1, 0.15) is 30.2 Å². The number of nitrogens with zero attached hydrogens (tertiary/aromatic N) is 1. The monoisotopic (exact) mass is 501 g/mol. The van der Waals surface area contributed by atoms with E-state index in [1.54, 1.807) is 13.4 Å². The fourth-order valence-electron chi connectivity index (χ4n) is 2.68. The van der Waals surface area contributed by atoms with Gasteiger partial charge in [-0.1, -0.05) is 17.7 Å². The van der Waals surface area contributed by atoms with Crippen molar-refractivity contribution in [2.75, 3.05) is 33.4 Å². The Morgan fingerprint density at radius 1 is 1.21 bits per heavy atom. The molecule has 0 spiro atoms. The summed E-state index contributed by atoms with van der Waals surface area (Å²) in [7, 11) is 1.71. The molecule has 6 nitrogen and oxygen atoms in total. The van der Waals surface area contributed by atoms with Crippen molar-refractivity contribution in [1.29, 1.82) is 0 Å². The van der Waals surface area contributed by atoms with Gasteiger partial charge in [-0.15, -0.1) is 24.0 Å². The molecule has 2 rings (SSSR count). The minimum Gasteiger partial charge on any atom is -0.496 e. The van der Waals surface area contributed by atoms with E-state index < -0.39 is 0 Å². The van der Waals surface area contributed by atoms with Crippen LogP contribution >= 0.6 is 24.0 Å². The lowest BCUT2D eigenvalue weighted by Crippen LogP contribution is -2.38. The lowest BCUT2D eigenvalue weighted by molar-refractivity contribution is 0.105.